The number of hydrogen-bond acceptors (Lipinski definition) is 1. The van der Waals surface area contributed by atoms with Gasteiger partial charge in [0.15, 0.2) is 0 Å². The number of carboxylic acids is 1. The predicted octanol–water partition coefficient (Wildman–Crippen LogP) is 2.44. The maximum Gasteiger partial charge on any atom is 0.307 e. The molecule has 0 unspecified atom stereocenters. The fraction of sp³-hybridized carbons (Fsp3) is 0.417. The normalized spacial score (nSPS) is 24.6. The maximum atomic E-state index is 10.7. The van der Waals surface area contributed by atoms with Crippen LogP contribution in [-0.2, 0) is 11.2 Å². The number of rotatable bonds is 3. The number of aliphatic carboxylic acids is 1. The van der Waals surface area contributed by atoms with Gasteiger partial charge in [0.05, 0.1) is 5.92 Å². The van der Waals surface area contributed by atoms with Gasteiger partial charge in [-0.25, -0.2) is 0 Å². The molecule has 1 fully saturated rings. The highest BCUT2D eigenvalue weighted by atomic mass is 16.4. The first-order valence-electron chi connectivity index (χ1n) is 5.04. The summed E-state index contributed by atoms with van der Waals surface area (Å²) in [6, 6.07) is 8.30. The predicted molar refractivity (Wildman–Crippen MR) is 54.3 cm³/mol. The van der Waals surface area contributed by atoms with Crippen LogP contribution in [0.1, 0.15) is 30.4 Å². The molecule has 2 heteroatoms. The van der Waals surface area contributed by atoms with E-state index in [4.69, 9.17) is 5.11 Å². The molecule has 1 aromatic rings. The first-order chi connectivity index (χ1) is 6.72. The molecule has 2 atom stereocenters. The molecule has 0 heterocycles. The van der Waals surface area contributed by atoms with Gasteiger partial charge in [-0.1, -0.05) is 31.2 Å². The lowest BCUT2D eigenvalue weighted by Crippen LogP contribution is -1.98. The zero-order chi connectivity index (χ0) is 10.1. The quantitative estimate of drug-likeness (QED) is 0.794. The molecular formula is C12H14O2. The molecule has 1 saturated carbocycles. The van der Waals surface area contributed by atoms with E-state index in [0.29, 0.717) is 0 Å². The molecule has 74 valence electrons. The van der Waals surface area contributed by atoms with Crippen molar-refractivity contribution in [3.05, 3.63) is 35.4 Å². The second-order valence-electron chi connectivity index (χ2n) is 3.88. The van der Waals surface area contributed by atoms with Crippen molar-refractivity contribution in [3.8, 4) is 0 Å². The van der Waals surface area contributed by atoms with Crippen LogP contribution in [0.5, 0.6) is 0 Å². The van der Waals surface area contributed by atoms with E-state index in [1.54, 1.807) is 0 Å². The van der Waals surface area contributed by atoms with Gasteiger partial charge in [-0.05, 0) is 29.9 Å². The van der Waals surface area contributed by atoms with Gasteiger partial charge in [0.25, 0.3) is 0 Å². The molecule has 2 nitrogen and oxygen atoms in total. The standard InChI is InChI=1S/C12H14O2/c1-2-8-3-5-9(6-4-8)10-7-11(10)12(13)14/h3-6,10-11H,2,7H2,1H3,(H,13,14)/t10-,11-/m1/s1. The molecule has 14 heavy (non-hydrogen) atoms. The van der Waals surface area contributed by atoms with Crippen LogP contribution < -0.4 is 0 Å². The second-order valence-corrected chi connectivity index (χ2v) is 3.88. The van der Waals surface area contributed by atoms with Gasteiger partial charge in [-0.3, -0.25) is 4.79 Å². The highest BCUT2D eigenvalue weighted by Crippen LogP contribution is 2.47. The second kappa shape index (κ2) is 3.45. The van der Waals surface area contributed by atoms with E-state index >= 15 is 0 Å². The summed E-state index contributed by atoms with van der Waals surface area (Å²) in [4.78, 5) is 10.7. The van der Waals surface area contributed by atoms with Crippen molar-refractivity contribution >= 4 is 5.97 Å². The summed E-state index contributed by atoms with van der Waals surface area (Å²) in [6.45, 7) is 2.12. The number of carbonyl (C=O) groups is 1. The molecular weight excluding hydrogens is 176 g/mol. The average molecular weight is 190 g/mol. The minimum absolute atomic E-state index is 0.137. The Hall–Kier alpha value is -1.31. The maximum absolute atomic E-state index is 10.7. The van der Waals surface area contributed by atoms with Crippen molar-refractivity contribution in [2.45, 2.75) is 25.7 Å². The van der Waals surface area contributed by atoms with E-state index in [9.17, 15) is 4.79 Å². The number of carboxylic acid groups (broad SMARTS) is 1. The first kappa shape index (κ1) is 9.25. The van der Waals surface area contributed by atoms with Crippen LogP contribution in [0.25, 0.3) is 0 Å². The summed E-state index contributed by atoms with van der Waals surface area (Å²) in [5.41, 5.74) is 2.48. The summed E-state index contributed by atoms with van der Waals surface area (Å²) < 4.78 is 0. The molecule has 1 aliphatic carbocycles. The third-order valence-corrected chi connectivity index (χ3v) is 2.92. The Morgan fingerprint density at radius 1 is 1.43 bits per heavy atom. The van der Waals surface area contributed by atoms with Crippen LogP contribution in [0.2, 0.25) is 0 Å². The van der Waals surface area contributed by atoms with Crippen molar-refractivity contribution in [1.82, 2.24) is 0 Å². The first-order valence-corrected chi connectivity index (χ1v) is 5.04. The lowest BCUT2D eigenvalue weighted by atomic mass is 10.1. The van der Waals surface area contributed by atoms with E-state index in [-0.39, 0.29) is 11.8 Å². The van der Waals surface area contributed by atoms with Crippen LogP contribution >= 0.6 is 0 Å². The number of aryl methyl sites for hydroxylation is 1. The molecule has 0 bridgehead atoms. The zero-order valence-corrected chi connectivity index (χ0v) is 8.23. The Morgan fingerprint density at radius 2 is 2.07 bits per heavy atom. The van der Waals surface area contributed by atoms with Gasteiger partial charge in [0.2, 0.25) is 0 Å². The minimum atomic E-state index is -0.658. The van der Waals surface area contributed by atoms with E-state index in [1.807, 2.05) is 0 Å². The molecule has 0 radical (unpaired) electrons. The highest BCUT2D eigenvalue weighted by Gasteiger charge is 2.43. The van der Waals surface area contributed by atoms with Crippen LogP contribution in [-0.4, -0.2) is 11.1 Å². The molecule has 0 aromatic heterocycles. The summed E-state index contributed by atoms with van der Waals surface area (Å²) in [6.07, 6.45) is 1.84. The molecule has 1 aliphatic rings. The van der Waals surface area contributed by atoms with Crippen molar-refractivity contribution < 1.29 is 9.90 Å². The van der Waals surface area contributed by atoms with E-state index < -0.39 is 5.97 Å². The molecule has 1 aromatic carbocycles. The Morgan fingerprint density at radius 3 is 2.50 bits per heavy atom. The lowest BCUT2D eigenvalue weighted by molar-refractivity contribution is -0.138. The average Bonchev–Trinajstić information content (AvgIpc) is 2.97. The smallest absolute Gasteiger partial charge is 0.307 e. The zero-order valence-electron chi connectivity index (χ0n) is 8.23. The highest BCUT2D eigenvalue weighted by molar-refractivity contribution is 5.75. The fourth-order valence-corrected chi connectivity index (χ4v) is 1.84. The lowest BCUT2D eigenvalue weighted by Gasteiger charge is -2.00. The molecule has 2 rings (SSSR count). The molecule has 0 aliphatic heterocycles. The fourth-order valence-electron chi connectivity index (χ4n) is 1.84. The molecule has 0 saturated heterocycles. The van der Waals surface area contributed by atoms with Gasteiger partial charge in [0.1, 0.15) is 0 Å². The SMILES string of the molecule is CCc1ccc([C@H]2C[C@H]2C(=O)O)cc1. The van der Waals surface area contributed by atoms with Crippen molar-refractivity contribution in [2.24, 2.45) is 5.92 Å². The van der Waals surface area contributed by atoms with Crippen LogP contribution in [0, 0.1) is 5.92 Å². The van der Waals surface area contributed by atoms with Crippen molar-refractivity contribution in [2.75, 3.05) is 0 Å². The topological polar surface area (TPSA) is 37.3 Å². The summed E-state index contributed by atoms with van der Waals surface area (Å²) in [5.74, 6) is -0.532. The molecule has 0 spiro atoms. The monoisotopic (exact) mass is 190 g/mol. The Balaban J connectivity index is 2.08. The van der Waals surface area contributed by atoms with E-state index in [1.165, 1.54) is 11.1 Å². The number of hydrogen-bond donors (Lipinski definition) is 1. The van der Waals surface area contributed by atoms with Crippen LogP contribution in [0.15, 0.2) is 24.3 Å². The van der Waals surface area contributed by atoms with Crippen molar-refractivity contribution in [1.29, 1.82) is 0 Å². The number of benzene rings is 1. The van der Waals surface area contributed by atoms with E-state index in [0.717, 1.165) is 12.8 Å². The summed E-state index contributed by atoms with van der Waals surface area (Å²) in [7, 11) is 0. The van der Waals surface area contributed by atoms with Gasteiger partial charge in [-0.2, -0.15) is 0 Å². The van der Waals surface area contributed by atoms with E-state index in [2.05, 4.69) is 31.2 Å². The Kier molecular flexibility index (Phi) is 2.28. The Bertz CT molecular complexity index is 340. The van der Waals surface area contributed by atoms with Gasteiger partial charge < -0.3 is 5.11 Å². The van der Waals surface area contributed by atoms with Crippen molar-refractivity contribution in [3.63, 3.8) is 0 Å². The van der Waals surface area contributed by atoms with Crippen LogP contribution in [0.4, 0.5) is 0 Å². The van der Waals surface area contributed by atoms with Crippen LogP contribution in [0.3, 0.4) is 0 Å². The summed E-state index contributed by atoms with van der Waals surface area (Å²) in [5, 5.41) is 8.79. The summed E-state index contributed by atoms with van der Waals surface area (Å²) >= 11 is 0. The third-order valence-electron chi connectivity index (χ3n) is 2.92. The third kappa shape index (κ3) is 1.65. The van der Waals surface area contributed by atoms with Gasteiger partial charge in [0, 0.05) is 0 Å². The minimum Gasteiger partial charge on any atom is -0.481 e. The van der Waals surface area contributed by atoms with Gasteiger partial charge in [-0.15, -0.1) is 0 Å². The Labute approximate surface area is 83.6 Å². The molecule has 0 amide bonds. The largest absolute Gasteiger partial charge is 0.481 e. The van der Waals surface area contributed by atoms with Gasteiger partial charge >= 0.3 is 5.97 Å². The molecule has 1 N–H and O–H groups in total.